The van der Waals surface area contributed by atoms with Crippen LogP contribution >= 0.6 is 11.6 Å². The van der Waals surface area contributed by atoms with E-state index < -0.39 is 0 Å². The maximum atomic E-state index is 14.1. The smallest absolute Gasteiger partial charge is 0.132 e. The van der Waals surface area contributed by atoms with Crippen LogP contribution in [0.3, 0.4) is 0 Å². The van der Waals surface area contributed by atoms with Gasteiger partial charge in [-0.05, 0) is 24.5 Å². The van der Waals surface area contributed by atoms with Crippen LogP contribution in [0.2, 0.25) is 5.02 Å². The molecule has 2 unspecified atom stereocenters. The number of aryl methyl sites for hydroxylation is 1. The van der Waals surface area contributed by atoms with Crippen LogP contribution in [0.25, 0.3) is 11.1 Å². The summed E-state index contributed by atoms with van der Waals surface area (Å²) in [6.07, 6.45) is 1.07. The third-order valence-corrected chi connectivity index (χ3v) is 4.11. The van der Waals surface area contributed by atoms with Crippen molar-refractivity contribution in [2.45, 2.75) is 19.3 Å². The van der Waals surface area contributed by atoms with Crippen LogP contribution in [0.1, 0.15) is 25.0 Å². The molecule has 19 heavy (non-hydrogen) atoms. The Bertz CT molecular complexity index is 630. The van der Waals surface area contributed by atoms with Crippen LogP contribution in [0.5, 0.6) is 0 Å². The molecular weight excluding hydrogens is 265 g/mol. The van der Waals surface area contributed by atoms with Crippen LogP contribution in [0, 0.1) is 11.7 Å². The summed E-state index contributed by atoms with van der Waals surface area (Å²) in [6, 6.07) is 4.66. The Morgan fingerprint density at radius 1 is 1.42 bits per heavy atom. The zero-order valence-electron chi connectivity index (χ0n) is 10.8. The van der Waals surface area contributed by atoms with E-state index in [1.165, 1.54) is 6.07 Å². The monoisotopic (exact) mass is 279 g/mol. The summed E-state index contributed by atoms with van der Waals surface area (Å²) < 4.78 is 15.7. The standard InChI is InChI=1S/C14H15ClFN3/c1-7-6-8(7)13-12(14(17)19(2)18-13)11-9(15)4-3-5-10(11)16/h3-5,7-8H,6,17H2,1-2H3. The van der Waals surface area contributed by atoms with Crippen molar-refractivity contribution in [3.05, 3.63) is 34.7 Å². The molecule has 0 amide bonds. The maximum absolute atomic E-state index is 14.1. The van der Waals surface area contributed by atoms with Crippen molar-refractivity contribution in [3.63, 3.8) is 0 Å². The van der Waals surface area contributed by atoms with E-state index in [9.17, 15) is 4.39 Å². The number of nitrogens with two attached hydrogens (primary N) is 1. The van der Waals surface area contributed by atoms with E-state index in [-0.39, 0.29) is 5.82 Å². The maximum Gasteiger partial charge on any atom is 0.132 e. The van der Waals surface area contributed by atoms with Crippen molar-refractivity contribution in [1.29, 1.82) is 0 Å². The molecular formula is C14H15ClFN3. The van der Waals surface area contributed by atoms with E-state index in [2.05, 4.69) is 12.0 Å². The number of halogens is 2. The highest BCUT2D eigenvalue weighted by atomic mass is 35.5. The number of hydrogen-bond acceptors (Lipinski definition) is 2. The number of aromatic nitrogens is 2. The van der Waals surface area contributed by atoms with Gasteiger partial charge in [-0.25, -0.2) is 4.39 Å². The number of nitrogens with zero attached hydrogens (tertiary/aromatic N) is 2. The Kier molecular flexibility index (Phi) is 2.78. The lowest BCUT2D eigenvalue weighted by molar-refractivity contribution is 0.631. The minimum atomic E-state index is -0.359. The summed E-state index contributed by atoms with van der Waals surface area (Å²) >= 11 is 6.15. The number of nitrogen functional groups attached to an aromatic ring is 1. The van der Waals surface area contributed by atoms with Gasteiger partial charge in [0.1, 0.15) is 11.6 Å². The first-order chi connectivity index (χ1) is 9.00. The van der Waals surface area contributed by atoms with E-state index in [0.29, 0.717) is 33.8 Å². The highest BCUT2D eigenvalue weighted by Gasteiger charge is 2.39. The molecule has 2 N–H and O–H groups in total. The average Bonchev–Trinajstić information content (AvgIpc) is 3.00. The molecule has 1 aliphatic carbocycles. The molecule has 2 aromatic rings. The molecule has 0 radical (unpaired) electrons. The van der Waals surface area contributed by atoms with Gasteiger partial charge in [0, 0.05) is 18.5 Å². The van der Waals surface area contributed by atoms with Crippen molar-refractivity contribution in [2.24, 2.45) is 13.0 Å². The normalized spacial score (nSPS) is 21.7. The summed E-state index contributed by atoms with van der Waals surface area (Å²) in [6.45, 7) is 2.16. The fourth-order valence-electron chi connectivity index (χ4n) is 2.51. The summed E-state index contributed by atoms with van der Waals surface area (Å²) in [7, 11) is 1.77. The fourth-order valence-corrected chi connectivity index (χ4v) is 2.77. The summed E-state index contributed by atoms with van der Waals surface area (Å²) in [5.41, 5.74) is 7.94. The van der Waals surface area contributed by atoms with Crippen molar-refractivity contribution in [3.8, 4) is 11.1 Å². The molecule has 1 aliphatic rings. The molecule has 0 bridgehead atoms. The van der Waals surface area contributed by atoms with Gasteiger partial charge < -0.3 is 5.73 Å². The summed E-state index contributed by atoms with van der Waals surface area (Å²) in [5, 5.41) is 4.82. The lowest BCUT2D eigenvalue weighted by atomic mass is 10.0. The van der Waals surface area contributed by atoms with Crippen molar-refractivity contribution in [2.75, 3.05) is 5.73 Å². The quantitative estimate of drug-likeness (QED) is 0.913. The van der Waals surface area contributed by atoms with Gasteiger partial charge in [0.05, 0.1) is 16.3 Å². The second kappa shape index (κ2) is 4.23. The van der Waals surface area contributed by atoms with Crippen LogP contribution in [-0.4, -0.2) is 9.78 Å². The number of anilines is 1. The zero-order chi connectivity index (χ0) is 13.7. The molecule has 100 valence electrons. The van der Waals surface area contributed by atoms with Crippen LogP contribution < -0.4 is 5.73 Å². The zero-order valence-corrected chi connectivity index (χ0v) is 11.6. The van der Waals surface area contributed by atoms with E-state index in [1.54, 1.807) is 23.9 Å². The van der Waals surface area contributed by atoms with Gasteiger partial charge in [0.15, 0.2) is 0 Å². The Balaban J connectivity index is 2.24. The topological polar surface area (TPSA) is 43.8 Å². The van der Waals surface area contributed by atoms with E-state index >= 15 is 0 Å². The van der Waals surface area contributed by atoms with Crippen molar-refractivity contribution >= 4 is 17.4 Å². The van der Waals surface area contributed by atoms with Crippen molar-refractivity contribution in [1.82, 2.24) is 9.78 Å². The largest absolute Gasteiger partial charge is 0.383 e. The summed E-state index contributed by atoms with van der Waals surface area (Å²) in [4.78, 5) is 0. The first-order valence-corrected chi connectivity index (χ1v) is 6.65. The lowest BCUT2D eigenvalue weighted by Gasteiger charge is -2.07. The van der Waals surface area contributed by atoms with Gasteiger partial charge in [0.25, 0.3) is 0 Å². The molecule has 1 fully saturated rings. The Hall–Kier alpha value is -1.55. The van der Waals surface area contributed by atoms with Crippen molar-refractivity contribution < 1.29 is 4.39 Å². The third kappa shape index (κ3) is 1.91. The SMILES string of the molecule is CC1CC1c1nn(C)c(N)c1-c1c(F)cccc1Cl. The molecule has 1 saturated carbocycles. The highest BCUT2D eigenvalue weighted by molar-refractivity contribution is 6.33. The number of hydrogen-bond donors (Lipinski definition) is 1. The van der Waals surface area contributed by atoms with E-state index in [0.717, 1.165) is 12.1 Å². The van der Waals surface area contributed by atoms with Gasteiger partial charge >= 0.3 is 0 Å². The molecule has 0 aliphatic heterocycles. The Morgan fingerprint density at radius 2 is 2.11 bits per heavy atom. The van der Waals surface area contributed by atoms with Crippen LogP contribution in [-0.2, 0) is 7.05 Å². The molecule has 5 heteroatoms. The predicted octanol–water partition coefficient (Wildman–Crippen LogP) is 3.59. The fraction of sp³-hybridized carbons (Fsp3) is 0.357. The molecule has 1 aromatic heterocycles. The van der Waals surface area contributed by atoms with Gasteiger partial charge in [0.2, 0.25) is 0 Å². The second-order valence-electron chi connectivity index (χ2n) is 5.19. The molecule has 1 heterocycles. The molecule has 3 rings (SSSR count). The highest BCUT2D eigenvalue weighted by Crippen LogP contribution is 2.51. The van der Waals surface area contributed by atoms with Gasteiger partial charge in [-0.15, -0.1) is 0 Å². The Labute approximate surface area is 116 Å². The predicted molar refractivity (Wildman–Crippen MR) is 74.5 cm³/mol. The second-order valence-corrected chi connectivity index (χ2v) is 5.59. The number of benzene rings is 1. The van der Waals surface area contributed by atoms with Crippen LogP contribution in [0.4, 0.5) is 10.2 Å². The molecule has 0 saturated heterocycles. The number of rotatable bonds is 2. The van der Waals surface area contributed by atoms with E-state index in [4.69, 9.17) is 17.3 Å². The first kappa shape index (κ1) is 12.5. The van der Waals surface area contributed by atoms with Crippen LogP contribution in [0.15, 0.2) is 18.2 Å². The molecule has 3 nitrogen and oxygen atoms in total. The third-order valence-electron chi connectivity index (χ3n) is 3.79. The van der Waals surface area contributed by atoms with E-state index in [1.807, 2.05) is 0 Å². The summed E-state index contributed by atoms with van der Waals surface area (Å²) in [5.74, 6) is 1.02. The Morgan fingerprint density at radius 3 is 2.68 bits per heavy atom. The van der Waals surface area contributed by atoms with Gasteiger partial charge in [-0.3, -0.25) is 4.68 Å². The molecule has 2 atom stereocenters. The first-order valence-electron chi connectivity index (χ1n) is 6.27. The van der Waals surface area contributed by atoms with Gasteiger partial charge in [-0.2, -0.15) is 5.10 Å². The van der Waals surface area contributed by atoms with Gasteiger partial charge in [-0.1, -0.05) is 24.6 Å². The molecule has 1 aromatic carbocycles. The minimum Gasteiger partial charge on any atom is -0.383 e. The molecule has 0 spiro atoms. The average molecular weight is 280 g/mol. The lowest BCUT2D eigenvalue weighted by Crippen LogP contribution is -1.98. The minimum absolute atomic E-state index is 0.356.